The highest BCUT2D eigenvalue weighted by molar-refractivity contribution is 7.92. The Morgan fingerprint density at radius 2 is 1.77 bits per heavy atom. The summed E-state index contributed by atoms with van der Waals surface area (Å²) in [7, 11) is -3.45. The maximum absolute atomic E-state index is 13.0. The number of alkyl halides is 3. The van der Waals surface area contributed by atoms with Gasteiger partial charge in [0.15, 0.2) is 10.6 Å². The van der Waals surface area contributed by atoms with E-state index in [1.165, 1.54) is 17.7 Å². The fraction of sp³-hybridized carbons (Fsp3) is 0.188. The third-order valence-electron chi connectivity index (χ3n) is 4.09. The molecule has 0 bridgehead atoms. The fourth-order valence-electron chi connectivity index (χ4n) is 2.85. The van der Waals surface area contributed by atoms with Gasteiger partial charge in [0.25, 0.3) is 9.84 Å². The van der Waals surface area contributed by atoms with Crippen molar-refractivity contribution in [3.63, 3.8) is 0 Å². The summed E-state index contributed by atoms with van der Waals surface area (Å²) < 4.78 is 69.0. The van der Waals surface area contributed by atoms with Gasteiger partial charge in [0, 0.05) is 18.5 Å². The number of fused-ring (bicyclic) bond motifs is 2. The van der Waals surface area contributed by atoms with Gasteiger partial charge in [-0.05, 0) is 12.1 Å². The number of pyridine rings is 1. The molecule has 0 aliphatic rings. The molecule has 2 aromatic carbocycles. The highest BCUT2D eigenvalue weighted by Gasteiger charge is 2.50. The van der Waals surface area contributed by atoms with Gasteiger partial charge in [-0.2, -0.15) is 13.2 Å². The second-order valence-corrected chi connectivity index (χ2v) is 7.38. The van der Waals surface area contributed by atoms with Crippen LogP contribution in [0.5, 0.6) is 11.5 Å². The number of sulfone groups is 1. The largest absolute Gasteiger partial charge is 0.506 e. The number of nitrogens with zero attached hydrogens (tertiary/aromatic N) is 1. The number of aromatic nitrogens is 1. The van der Waals surface area contributed by atoms with Crippen LogP contribution in [0.3, 0.4) is 0 Å². The zero-order valence-electron chi connectivity index (χ0n) is 13.5. The number of phenols is 1. The van der Waals surface area contributed by atoms with Crippen LogP contribution in [0.2, 0.25) is 0 Å². The van der Waals surface area contributed by atoms with Crippen molar-refractivity contribution < 1.29 is 31.4 Å². The molecule has 1 aromatic heterocycles. The minimum Gasteiger partial charge on any atom is -0.506 e. The quantitative estimate of drug-likeness (QED) is 0.684. The Kier molecular flexibility index (Phi) is 3.91. The van der Waals surface area contributed by atoms with Gasteiger partial charge in [0.1, 0.15) is 5.75 Å². The lowest BCUT2D eigenvalue weighted by atomic mass is 10.1. The number of para-hydroxylation sites is 1. The number of hydrogen-bond donors (Lipinski definition) is 1. The van der Waals surface area contributed by atoms with Gasteiger partial charge in [0.05, 0.1) is 23.5 Å². The number of ether oxygens (including phenoxy) is 1. The topological polar surface area (TPSA) is 85.6 Å². The molecular weight excluding hydrogens is 375 g/mol. The molecule has 0 aliphatic carbocycles. The van der Waals surface area contributed by atoms with Crippen LogP contribution in [0, 0.1) is 0 Å². The molecule has 6 nitrogen and oxygen atoms in total. The van der Waals surface area contributed by atoms with Crippen LogP contribution in [-0.2, 0) is 16.9 Å². The smallest absolute Gasteiger partial charge is 0.502 e. The van der Waals surface area contributed by atoms with E-state index in [0.717, 1.165) is 13.2 Å². The molecule has 3 rings (SSSR count). The van der Waals surface area contributed by atoms with Crippen LogP contribution in [0.25, 0.3) is 21.8 Å². The van der Waals surface area contributed by atoms with Gasteiger partial charge in [-0.3, -0.25) is 4.79 Å². The van der Waals surface area contributed by atoms with E-state index in [0.29, 0.717) is 5.52 Å². The number of aromatic hydroxyl groups is 1. The molecule has 0 amide bonds. The predicted octanol–water partition coefficient (Wildman–Crippen LogP) is 2.70. The van der Waals surface area contributed by atoms with E-state index in [1.54, 1.807) is 18.2 Å². The molecule has 0 fully saturated rings. The number of rotatable bonds is 2. The molecule has 10 heteroatoms. The lowest BCUT2D eigenvalue weighted by Crippen LogP contribution is -2.24. The maximum atomic E-state index is 13.0. The molecule has 138 valence electrons. The van der Waals surface area contributed by atoms with E-state index in [9.17, 15) is 31.5 Å². The number of benzene rings is 2. The summed E-state index contributed by atoms with van der Waals surface area (Å²) in [4.78, 5) is 11.2. The summed E-state index contributed by atoms with van der Waals surface area (Å²) in [5.74, 6) is -2.00. The number of phenolic OH excluding ortho intramolecular Hbond substituents is 1. The molecule has 0 unspecified atom stereocenters. The van der Waals surface area contributed by atoms with E-state index < -0.39 is 42.6 Å². The summed E-state index contributed by atoms with van der Waals surface area (Å²) in [6.07, 6.45) is 0. The minimum absolute atomic E-state index is 0.0316. The van der Waals surface area contributed by atoms with Crippen LogP contribution in [-0.4, -0.2) is 30.7 Å². The summed E-state index contributed by atoms with van der Waals surface area (Å²) in [5.41, 5.74) is -5.97. The standard InChI is InChI=1S/C16H12F3NO5S/c1-20-9-6-4-3-5-8(9)13(21)12-10(20)7-11(25-2)15(14(12)22)26(23,24)16(17,18)19/h3-7,22H,1-2H3. The molecule has 3 aromatic rings. The first-order valence-electron chi connectivity index (χ1n) is 7.15. The third-order valence-corrected chi connectivity index (χ3v) is 5.63. The van der Waals surface area contributed by atoms with Crippen molar-refractivity contribution in [2.45, 2.75) is 10.4 Å². The normalized spacial score (nSPS) is 12.7. The summed E-state index contributed by atoms with van der Waals surface area (Å²) in [6, 6.07) is 7.23. The van der Waals surface area contributed by atoms with Gasteiger partial charge >= 0.3 is 5.51 Å². The van der Waals surface area contributed by atoms with E-state index in [2.05, 4.69) is 0 Å². The number of aryl methyl sites for hydroxylation is 1. The van der Waals surface area contributed by atoms with E-state index in [1.807, 2.05) is 0 Å². The predicted molar refractivity (Wildman–Crippen MR) is 88.2 cm³/mol. The molecule has 0 aliphatic heterocycles. The highest BCUT2D eigenvalue weighted by atomic mass is 32.2. The van der Waals surface area contributed by atoms with Crippen LogP contribution in [0.15, 0.2) is 40.0 Å². The average Bonchev–Trinajstić information content (AvgIpc) is 2.57. The van der Waals surface area contributed by atoms with Crippen molar-refractivity contribution in [1.29, 1.82) is 0 Å². The van der Waals surface area contributed by atoms with Crippen LogP contribution < -0.4 is 10.2 Å². The number of halogens is 3. The Labute approximate surface area is 145 Å². The minimum atomic E-state index is -5.95. The summed E-state index contributed by atoms with van der Waals surface area (Å²) in [5, 5.41) is 9.94. The van der Waals surface area contributed by atoms with Crippen LogP contribution >= 0.6 is 0 Å². The third kappa shape index (κ3) is 2.32. The summed E-state index contributed by atoms with van der Waals surface area (Å²) in [6.45, 7) is 0. The van der Waals surface area contributed by atoms with Crippen molar-refractivity contribution in [3.8, 4) is 11.5 Å². The first kappa shape index (κ1) is 18.1. The Bertz CT molecular complexity index is 1210. The number of hydrogen-bond acceptors (Lipinski definition) is 5. The maximum Gasteiger partial charge on any atom is 0.502 e. The number of methoxy groups -OCH3 is 1. The zero-order valence-corrected chi connectivity index (χ0v) is 14.3. The lowest BCUT2D eigenvalue weighted by Gasteiger charge is -2.17. The Morgan fingerprint density at radius 3 is 2.35 bits per heavy atom. The lowest BCUT2D eigenvalue weighted by molar-refractivity contribution is -0.0438. The molecule has 0 atom stereocenters. The molecule has 1 N–H and O–H groups in total. The Hall–Kier alpha value is -2.75. The van der Waals surface area contributed by atoms with Crippen LogP contribution in [0.1, 0.15) is 0 Å². The fourth-order valence-corrected chi connectivity index (χ4v) is 3.85. The molecule has 1 heterocycles. The van der Waals surface area contributed by atoms with Gasteiger partial charge in [-0.25, -0.2) is 8.42 Å². The van der Waals surface area contributed by atoms with E-state index in [-0.39, 0.29) is 10.9 Å². The van der Waals surface area contributed by atoms with Crippen molar-refractivity contribution in [3.05, 3.63) is 40.6 Å². The monoisotopic (exact) mass is 387 g/mol. The van der Waals surface area contributed by atoms with Crippen molar-refractivity contribution in [1.82, 2.24) is 4.57 Å². The van der Waals surface area contributed by atoms with Gasteiger partial charge in [-0.15, -0.1) is 0 Å². The van der Waals surface area contributed by atoms with Gasteiger partial charge < -0.3 is 14.4 Å². The second-order valence-electron chi connectivity index (χ2n) is 5.51. The van der Waals surface area contributed by atoms with Crippen LogP contribution in [0.4, 0.5) is 13.2 Å². The van der Waals surface area contributed by atoms with Crippen molar-refractivity contribution in [2.75, 3.05) is 7.11 Å². The van der Waals surface area contributed by atoms with Gasteiger partial charge in [-0.1, -0.05) is 12.1 Å². The highest BCUT2D eigenvalue weighted by Crippen LogP contribution is 2.44. The molecule has 0 saturated heterocycles. The second kappa shape index (κ2) is 5.63. The van der Waals surface area contributed by atoms with Crippen molar-refractivity contribution in [2.24, 2.45) is 7.05 Å². The van der Waals surface area contributed by atoms with Gasteiger partial charge in [0.2, 0.25) is 5.43 Å². The van der Waals surface area contributed by atoms with E-state index in [4.69, 9.17) is 4.74 Å². The molecule has 0 saturated carbocycles. The molecule has 26 heavy (non-hydrogen) atoms. The van der Waals surface area contributed by atoms with Crippen molar-refractivity contribution >= 4 is 31.6 Å². The SMILES string of the molecule is COc1cc2c(c(O)c1S(=O)(=O)C(F)(F)F)c(=O)c1ccccc1n2C. The first-order valence-corrected chi connectivity index (χ1v) is 8.63. The molecule has 0 spiro atoms. The molecule has 0 radical (unpaired) electrons. The Balaban J connectivity index is 2.63. The summed E-state index contributed by atoms with van der Waals surface area (Å²) >= 11 is 0. The zero-order chi connectivity index (χ0) is 19.4. The van der Waals surface area contributed by atoms with E-state index >= 15 is 0 Å². The Morgan fingerprint density at radius 1 is 1.15 bits per heavy atom. The first-order chi connectivity index (χ1) is 12.0. The average molecular weight is 387 g/mol. The molecular formula is C16H12F3NO5S.